The van der Waals surface area contributed by atoms with Crippen LogP contribution in [0.15, 0.2) is 24.3 Å². The van der Waals surface area contributed by atoms with Crippen molar-refractivity contribution < 1.29 is 19.7 Å². The Hall–Kier alpha value is -1.52. The Balaban J connectivity index is 2.52. The van der Waals surface area contributed by atoms with Crippen LogP contribution in [0.4, 0.5) is 0 Å². The molecule has 0 saturated carbocycles. The highest BCUT2D eigenvalue weighted by Gasteiger charge is 2.48. The molecule has 1 aliphatic rings. The van der Waals surface area contributed by atoms with Crippen LogP contribution in [0.3, 0.4) is 0 Å². The molecule has 4 nitrogen and oxygen atoms in total. The van der Waals surface area contributed by atoms with E-state index in [2.05, 4.69) is 4.89 Å². The summed E-state index contributed by atoms with van der Waals surface area (Å²) in [5, 5.41) is 9.12. The minimum absolute atomic E-state index is 0.161. The number of aryl methyl sites for hydroxylation is 1. The summed E-state index contributed by atoms with van der Waals surface area (Å²) in [6, 6.07) is 7.16. The van der Waals surface area contributed by atoms with Gasteiger partial charge < -0.3 is 0 Å². The number of carbonyl (C=O) groups excluding carboxylic acids is 2. The second-order valence-corrected chi connectivity index (χ2v) is 4.53. The van der Waals surface area contributed by atoms with Crippen LogP contribution in [0.2, 0.25) is 0 Å². The quantitative estimate of drug-likeness (QED) is 0.386. The van der Waals surface area contributed by atoms with E-state index in [4.69, 9.17) is 5.26 Å². The van der Waals surface area contributed by atoms with Crippen molar-refractivity contribution in [2.45, 2.75) is 38.2 Å². The summed E-state index contributed by atoms with van der Waals surface area (Å²) in [4.78, 5) is 28.9. The van der Waals surface area contributed by atoms with E-state index in [-0.39, 0.29) is 18.6 Å². The molecule has 0 aliphatic heterocycles. The third-order valence-corrected chi connectivity index (χ3v) is 3.53. The largest absolute Gasteiger partial charge is 0.296 e. The van der Waals surface area contributed by atoms with Crippen molar-refractivity contribution in [1.82, 2.24) is 0 Å². The Morgan fingerprint density at radius 1 is 1.44 bits per heavy atom. The molecule has 2 rings (SSSR count). The van der Waals surface area contributed by atoms with Gasteiger partial charge >= 0.3 is 0 Å². The predicted octanol–water partition coefficient (Wildman–Crippen LogP) is 2.41. The summed E-state index contributed by atoms with van der Waals surface area (Å²) in [7, 11) is 0. The number of fused-ring (bicyclic) bond motifs is 1. The SMILES string of the molecule is CCC(=O)C1(OO)CCCc2ccccc2C1=O. The molecule has 1 aromatic rings. The molecule has 1 unspecified atom stereocenters. The number of hydrogen-bond donors (Lipinski definition) is 1. The maximum Gasteiger partial charge on any atom is 0.223 e. The van der Waals surface area contributed by atoms with Crippen molar-refractivity contribution in [2.24, 2.45) is 0 Å². The topological polar surface area (TPSA) is 63.6 Å². The van der Waals surface area contributed by atoms with Crippen molar-refractivity contribution >= 4 is 11.6 Å². The molecule has 0 saturated heterocycles. The van der Waals surface area contributed by atoms with Crippen molar-refractivity contribution in [3.8, 4) is 0 Å². The van der Waals surface area contributed by atoms with Crippen LogP contribution in [-0.4, -0.2) is 22.4 Å². The molecule has 96 valence electrons. The molecule has 4 heteroatoms. The molecule has 1 atom stereocenters. The van der Waals surface area contributed by atoms with Gasteiger partial charge in [0.1, 0.15) is 0 Å². The number of rotatable bonds is 3. The first-order valence-corrected chi connectivity index (χ1v) is 6.14. The van der Waals surface area contributed by atoms with Crippen LogP contribution in [0.5, 0.6) is 0 Å². The highest BCUT2D eigenvalue weighted by atomic mass is 17.1. The van der Waals surface area contributed by atoms with Gasteiger partial charge in [-0.1, -0.05) is 31.2 Å². The molecule has 1 aliphatic carbocycles. The average molecular weight is 248 g/mol. The van der Waals surface area contributed by atoms with Crippen LogP contribution in [0, 0.1) is 0 Å². The van der Waals surface area contributed by atoms with Gasteiger partial charge in [-0.25, -0.2) is 4.89 Å². The summed E-state index contributed by atoms with van der Waals surface area (Å²) in [6.07, 6.45) is 1.73. The van der Waals surface area contributed by atoms with Gasteiger partial charge in [0.2, 0.25) is 11.4 Å². The maximum atomic E-state index is 12.5. The van der Waals surface area contributed by atoms with E-state index in [9.17, 15) is 9.59 Å². The lowest BCUT2D eigenvalue weighted by atomic mass is 9.85. The second kappa shape index (κ2) is 5.00. The first-order chi connectivity index (χ1) is 8.65. The summed E-state index contributed by atoms with van der Waals surface area (Å²) in [5.41, 5.74) is -0.322. The Labute approximate surface area is 106 Å². The van der Waals surface area contributed by atoms with E-state index in [1.165, 1.54) is 0 Å². The molecule has 1 N–H and O–H groups in total. The monoisotopic (exact) mass is 248 g/mol. The first-order valence-electron chi connectivity index (χ1n) is 6.14. The average Bonchev–Trinajstić information content (AvgIpc) is 2.56. The molecule has 0 aromatic heterocycles. The highest BCUT2D eigenvalue weighted by molar-refractivity contribution is 6.18. The van der Waals surface area contributed by atoms with Crippen LogP contribution in [-0.2, 0) is 16.1 Å². The fraction of sp³-hybridized carbons (Fsp3) is 0.429. The molecule has 18 heavy (non-hydrogen) atoms. The van der Waals surface area contributed by atoms with Gasteiger partial charge in [0.15, 0.2) is 5.78 Å². The lowest BCUT2D eigenvalue weighted by Gasteiger charge is -2.25. The number of ketones is 2. The van der Waals surface area contributed by atoms with Crippen LogP contribution < -0.4 is 0 Å². The zero-order chi connectivity index (χ0) is 13.2. The van der Waals surface area contributed by atoms with Crippen molar-refractivity contribution in [3.63, 3.8) is 0 Å². The minimum Gasteiger partial charge on any atom is -0.296 e. The van der Waals surface area contributed by atoms with Crippen molar-refractivity contribution in [1.29, 1.82) is 0 Å². The molecular formula is C14H16O4. The number of benzene rings is 1. The zero-order valence-corrected chi connectivity index (χ0v) is 10.3. The van der Waals surface area contributed by atoms with E-state index in [1.54, 1.807) is 19.1 Å². The lowest BCUT2D eigenvalue weighted by molar-refractivity contribution is -0.295. The molecule has 0 bridgehead atoms. The third kappa shape index (κ3) is 1.87. The number of Topliss-reactive ketones (excluding diaryl/α,β-unsaturated/α-hetero) is 2. The van der Waals surface area contributed by atoms with Gasteiger partial charge in [-0.2, -0.15) is 0 Å². The number of carbonyl (C=O) groups is 2. The highest BCUT2D eigenvalue weighted by Crippen LogP contribution is 2.31. The van der Waals surface area contributed by atoms with E-state index >= 15 is 0 Å². The van der Waals surface area contributed by atoms with Crippen LogP contribution in [0.1, 0.15) is 42.1 Å². The van der Waals surface area contributed by atoms with Crippen molar-refractivity contribution in [3.05, 3.63) is 35.4 Å². The van der Waals surface area contributed by atoms with Gasteiger partial charge in [0.05, 0.1) is 0 Å². The van der Waals surface area contributed by atoms with Crippen molar-refractivity contribution in [2.75, 3.05) is 0 Å². The maximum absolute atomic E-state index is 12.5. The summed E-state index contributed by atoms with van der Waals surface area (Å²) in [6.45, 7) is 1.66. The summed E-state index contributed by atoms with van der Waals surface area (Å²) < 4.78 is 0. The van der Waals surface area contributed by atoms with Crippen LogP contribution in [0.25, 0.3) is 0 Å². The molecule has 0 heterocycles. The van der Waals surface area contributed by atoms with Gasteiger partial charge in [-0.15, -0.1) is 0 Å². The fourth-order valence-corrected chi connectivity index (χ4v) is 2.51. The van der Waals surface area contributed by atoms with Gasteiger partial charge in [-0.3, -0.25) is 14.8 Å². The minimum atomic E-state index is -1.71. The van der Waals surface area contributed by atoms with E-state index in [1.807, 2.05) is 12.1 Å². The van der Waals surface area contributed by atoms with E-state index in [0.29, 0.717) is 18.4 Å². The molecule has 0 fully saturated rings. The first kappa shape index (κ1) is 12.9. The van der Waals surface area contributed by atoms with Gasteiger partial charge in [0.25, 0.3) is 0 Å². The molecule has 1 aromatic carbocycles. The molecule has 0 spiro atoms. The van der Waals surface area contributed by atoms with Crippen LogP contribution >= 0.6 is 0 Å². The molecule has 0 radical (unpaired) electrons. The lowest BCUT2D eigenvalue weighted by Crippen LogP contribution is -2.48. The predicted molar refractivity (Wildman–Crippen MR) is 65.5 cm³/mol. The van der Waals surface area contributed by atoms with E-state index in [0.717, 1.165) is 5.56 Å². The van der Waals surface area contributed by atoms with E-state index < -0.39 is 11.4 Å². The second-order valence-electron chi connectivity index (χ2n) is 4.53. The smallest absolute Gasteiger partial charge is 0.223 e. The fourth-order valence-electron chi connectivity index (χ4n) is 2.51. The Kier molecular flexibility index (Phi) is 3.59. The Bertz CT molecular complexity index is 480. The summed E-state index contributed by atoms with van der Waals surface area (Å²) in [5.74, 6) is -0.795. The molecule has 0 amide bonds. The Morgan fingerprint density at radius 3 is 2.83 bits per heavy atom. The molecular weight excluding hydrogens is 232 g/mol. The standard InChI is InChI=1S/C14H16O4/c1-2-12(15)14(18-17)9-5-7-10-6-3-4-8-11(10)13(14)16/h3-4,6,8,17H,2,5,7,9H2,1H3. The Morgan fingerprint density at radius 2 is 2.17 bits per heavy atom. The summed E-state index contributed by atoms with van der Waals surface area (Å²) >= 11 is 0. The van der Waals surface area contributed by atoms with Gasteiger partial charge in [-0.05, 0) is 24.8 Å². The number of hydrogen-bond acceptors (Lipinski definition) is 4. The normalized spacial score (nSPS) is 23.3. The van der Waals surface area contributed by atoms with Gasteiger partial charge in [0, 0.05) is 12.0 Å². The third-order valence-electron chi connectivity index (χ3n) is 3.53. The zero-order valence-electron chi connectivity index (χ0n) is 10.3.